The van der Waals surface area contributed by atoms with Crippen LogP contribution in [0.2, 0.25) is 0 Å². The van der Waals surface area contributed by atoms with Gasteiger partial charge in [-0.25, -0.2) is 4.39 Å². The molecular formula is C50H65FN10O2. The Morgan fingerprint density at radius 3 is 1.86 bits per heavy atom. The SMILES string of the molecule is C[C@@H]1CN(Cc2ccc(CC(=O)N3CCC(Nc4ccccc4C#N)CC3)cc2)CCN1.C[C@H]1CN(Cc2ccc(CC(=O)N3CCC(Nc4cccc(F)c4)CC3)nc2)CCN1. The first-order valence-electron chi connectivity index (χ1n) is 22.9. The summed E-state index contributed by atoms with van der Waals surface area (Å²) in [5.74, 6) is 0.0866. The first-order valence-corrected chi connectivity index (χ1v) is 22.9. The summed E-state index contributed by atoms with van der Waals surface area (Å²) in [5.41, 5.74) is 6.74. The van der Waals surface area contributed by atoms with Crippen LogP contribution in [0.1, 0.15) is 67.5 Å². The minimum atomic E-state index is -0.237. The zero-order chi connectivity index (χ0) is 44.0. The van der Waals surface area contributed by atoms with Crippen LogP contribution < -0.4 is 21.3 Å². The fourth-order valence-corrected chi connectivity index (χ4v) is 9.08. The lowest BCUT2D eigenvalue weighted by Gasteiger charge is -2.33. The lowest BCUT2D eigenvalue weighted by atomic mass is 10.0. The van der Waals surface area contributed by atoms with E-state index in [9.17, 15) is 19.2 Å². The van der Waals surface area contributed by atoms with Crippen LogP contribution in [0, 0.1) is 17.1 Å². The highest BCUT2D eigenvalue weighted by Crippen LogP contribution is 2.22. The fraction of sp³-hybridized carbons (Fsp3) is 0.480. The molecule has 8 rings (SSSR count). The van der Waals surface area contributed by atoms with Gasteiger partial charge < -0.3 is 31.1 Å². The Morgan fingerprint density at radius 1 is 0.698 bits per heavy atom. The third-order valence-electron chi connectivity index (χ3n) is 12.6. The van der Waals surface area contributed by atoms with Gasteiger partial charge >= 0.3 is 0 Å². The third-order valence-corrected chi connectivity index (χ3v) is 12.6. The molecular weight excluding hydrogens is 792 g/mol. The van der Waals surface area contributed by atoms with E-state index in [0.29, 0.717) is 49.6 Å². The van der Waals surface area contributed by atoms with E-state index < -0.39 is 0 Å². The molecule has 0 saturated carbocycles. The molecule has 334 valence electrons. The number of piperazine rings is 2. The molecule has 13 heteroatoms. The van der Waals surface area contributed by atoms with E-state index in [1.54, 1.807) is 6.07 Å². The highest BCUT2D eigenvalue weighted by atomic mass is 19.1. The van der Waals surface area contributed by atoms with Crippen LogP contribution in [0.15, 0.2) is 91.1 Å². The molecule has 2 amide bonds. The number of hydrogen-bond acceptors (Lipinski definition) is 10. The van der Waals surface area contributed by atoms with Gasteiger partial charge in [0.2, 0.25) is 11.8 Å². The molecule has 4 fully saturated rings. The van der Waals surface area contributed by atoms with Crippen LogP contribution in [-0.2, 0) is 35.5 Å². The molecule has 0 bridgehead atoms. The van der Waals surface area contributed by atoms with Gasteiger partial charge in [-0.2, -0.15) is 5.26 Å². The van der Waals surface area contributed by atoms with E-state index in [1.165, 1.54) is 23.3 Å². The van der Waals surface area contributed by atoms with Crippen LogP contribution in [0.25, 0.3) is 0 Å². The Labute approximate surface area is 373 Å². The summed E-state index contributed by atoms with van der Waals surface area (Å²) >= 11 is 0. The monoisotopic (exact) mass is 857 g/mol. The quantitative estimate of drug-likeness (QED) is 0.142. The Balaban J connectivity index is 0.000000189. The number of piperidine rings is 2. The van der Waals surface area contributed by atoms with Gasteiger partial charge in [0.25, 0.3) is 0 Å². The number of benzene rings is 3. The second-order valence-corrected chi connectivity index (χ2v) is 17.8. The number of para-hydroxylation sites is 1. The zero-order valence-corrected chi connectivity index (χ0v) is 37.1. The Bertz CT molecular complexity index is 2110. The third kappa shape index (κ3) is 14.1. The minimum Gasteiger partial charge on any atom is -0.382 e. The first-order chi connectivity index (χ1) is 30.6. The summed E-state index contributed by atoms with van der Waals surface area (Å²) in [4.78, 5) is 38.9. The van der Waals surface area contributed by atoms with Gasteiger partial charge in [-0.05, 0) is 92.6 Å². The number of aromatic nitrogens is 1. The van der Waals surface area contributed by atoms with Gasteiger partial charge in [-0.1, -0.05) is 48.5 Å². The summed E-state index contributed by atoms with van der Waals surface area (Å²) in [6.07, 6.45) is 6.22. The number of nitrogens with one attached hydrogen (secondary N) is 4. The van der Waals surface area contributed by atoms with Crippen LogP contribution in [0.3, 0.4) is 0 Å². The molecule has 4 aromatic rings. The van der Waals surface area contributed by atoms with Crippen molar-refractivity contribution in [2.75, 3.05) is 76.1 Å². The summed E-state index contributed by atoms with van der Waals surface area (Å²) in [6.45, 7) is 15.6. The second-order valence-electron chi connectivity index (χ2n) is 17.8. The van der Waals surface area contributed by atoms with Crippen LogP contribution in [0.5, 0.6) is 0 Å². The number of nitrogens with zero attached hydrogens (tertiary/aromatic N) is 6. The Hall–Kier alpha value is -5.39. The maximum absolute atomic E-state index is 13.4. The average molecular weight is 857 g/mol. The number of likely N-dealkylation sites (tertiary alicyclic amines) is 2. The molecule has 63 heavy (non-hydrogen) atoms. The van der Waals surface area contributed by atoms with Crippen molar-refractivity contribution in [1.82, 2.24) is 35.2 Å². The number of halogens is 1. The summed E-state index contributed by atoms with van der Waals surface area (Å²) in [7, 11) is 0. The van der Waals surface area contributed by atoms with Gasteiger partial charge in [-0.15, -0.1) is 0 Å². The van der Waals surface area contributed by atoms with Crippen molar-refractivity contribution in [1.29, 1.82) is 5.26 Å². The molecule has 0 unspecified atom stereocenters. The molecule has 4 N–H and O–H groups in total. The lowest BCUT2D eigenvalue weighted by molar-refractivity contribution is -0.132. The number of rotatable bonds is 12. The molecule has 5 heterocycles. The molecule has 2 atom stereocenters. The van der Waals surface area contributed by atoms with Gasteiger partial charge in [-0.3, -0.25) is 24.4 Å². The number of carbonyl (C=O) groups is 2. The number of amides is 2. The predicted octanol–water partition coefficient (Wildman–Crippen LogP) is 5.66. The molecule has 0 radical (unpaired) electrons. The smallest absolute Gasteiger partial charge is 0.228 e. The summed E-state index contributed by atoms with van der Waals surface area (Å²) in [5, 5.41) is 23.1. The van der Waals surface area contributed by atoms with Crippen molar-refractivity contribution >= 4 is 23.2 Å². The molecule has 12 nitrogen and oxygen atoms in total. The fourth-order valence-electron chi connectivity index (χ4n) is 9.08. The standard InChI is InChI=1S/C26H33N5O.C24H32FN5O/c1-20-18-30(15-12-28-20)19-22-8-6-21(7-9-22)16-26(32)31-13-10-24(11-14-31)29-25-5-3-2-4-23(25)17-27;1-18-16-29(12-9-26-18)17-19-5-6-22(27-15-19)14-24(31)30-10-7-21(8-11-30)28-23-4-2-3-20(25)13-23/h2-9,20,24,28-29H,10-16,18-19H2,1H3;2-6,13,15,18,21,26,28H,7-12,14,16-17H2,1H3/t20-;18-/m10/s1. The zero-order valence-electron chi connectivity index (χ0n) is 37.1. The number of anilines is 2. The number of pyridine rings is 1. The van der Waals surface area contributed by atoms with E-state index >= 15 is 0 Å². The van der Waals surface area contributed by atoms with Crippen LogP contribution >= 0.6 is 0 Å². The highest BCUT2D eigenvalue weighted by molar-refractivity contribution is 5.79. The van der Waals surface area contributed by atoms with Gasteiger partial charge in [0.1, 0.15) is 11.9 Å². The van der Waals surface area contributed by atoms with Crippen molar-refractivity contribution in [3.05, 3.63) is 125 Å². The molecule has 4 saturated heterocycles. The van der Waals surface area contributed by atoms with Gasteiger partial charge in [0.05, 0.1) is 24.1 Å². The lowest BCUT2D eigenvalue weighted by Crippen LogP contribution is -2.48. The first kappa shape index (κ1) is 45.6. The van der Waals surface area contributed by atoms with Crippen molar-refractivity contribution in [2.45, 2.75) is 89.6 Å². The number of hydrogen-bond donors (Lipinski definition) is 4. The molecule has 3 aromatic carbocycles. The van der Waals surface area contributed by atoms with E-state index in [4.69, 9.17) is 0 Å². The molecule has 4 aliphatic heterocycles. The predicted molar refractivity (Wildman–Crippen MR) is 248 cm³/mol. The van der Waals surface area contributed by atoms with Crippen molar-refractivity contribution in [3.63, 3.8) is 0 Å². The number of carbonyl (C=O) groups excluding carboxylic acids is 2. The van der Waals surface area contributed by atoms with Crippen molar-refractivity contribution < 1.29 is 14.0 Å². The van der Waals surface area contributed by atoms with Crippen LogP contribution in [-0.4, -0.2) is 126 Å². The topological polar surface area (TPSA) is 132 Å². The van der Waals surface area contributed by atoms with E-state index in [1.807, 2.05) is 52.4 Å². The van der Waals surface area contributed by atoms with E-state index in [2.05, 4.69) is 86.3 Å². The van der Waals surface area contributed by atoms with E-state index in [0.717, 1.165) is 114 Å². The maximum atomic E-state index is 13.4. The largest absolute Gasteiger partial charge is 0.382 e. The molecule has 1 aromatic heterocycles. The van der Waals surface area contributed by atoms with E-state index in [-0.39, 0.29) is 23.7 Å². The van der Waals surface area contributed by atoms with Gasteiger partial charge in [0, 0.05) is 120 Å². The molecule has 0 spiro atoms. The number of nitriles is 1. The summed E-state index contributed by atoms with van der Waals surface area (Å²) < 4.78 is 13.4. The normalized spacial score (nSPS) is 20.3. The highest BCUT2D eigenvalue weighted by Gasteiger charge is 2.25. The average Bonchev–Trinajstić information content (AvgIpc) is 3.29. The van der Waals surface area contributed by atoms with Crippen molar-refractivity contribution in [2.24, 2.45) is 0 Å². The Kier molecular flexibility index (Phi) is 16.5. The molecule has 4 aliphatic rings. The van der Waals surface area contributed by atoms with Crippen molar-refractivity contribution in [3.8, 4) is 6.07 Å². The summed E-state index contributed by atoms with van der Waals surface area (Å²) in [6, 6.07) is 30.6. The minimum absolute atomic E-state index is 0.125. The molecule has 0 aliphatic carbocycles. The van der Waals surface area contributed by atoms with Crippen LogP contribution in [0.4, 0.5) is 15.8 Å². The van der Waals surface area contributed by atoms with Gasteiger partial charge in [0.15, 0.2) is 0 Å². The second kappa shape index (κ2) is 22.8. The maximum Gasteiger partial charge on any atom is 0.228 e. The Morgan fingerprint density at radius 2 is 1.27 bits per heavy atom.